The minimum absolute atomic E-state index is 0.0667. The summed E-state index contributed by atoms with van der Waals surface area (Å²) in [6.45, 7) is 1.79. The van der Waals surface area contributed by atoms with E-state index in [9.17, 15) is 13.2 Å². The van der Waals surface area contributed by atoms with Crippen molar-refractivity contribution in [3.63, 3.8) is 0 Å². The molecule has 0 unspecified atom stereocenters. The fourth-order valence-corrected chi connectivity index (χ4v) is 3.16. The Labute approximate surface area is 141 Å². The number of hydrogen-bond acceptors (Lipinski definition) is 5. The fourth-order valence-electron chi connectivity index (χ4n) is 1.95. The van der Waals surface area contributed by atoms with Crippen LogP contribution in [-0.2, 0) is 21.4 Å². The molecule has 2 N–H and O–H groups in total. The Bertz CT molecular complexity index is 777. The second-order valence-corrected chi connectivity index (χ2v) is 6.81. The summed E-state index contributed by atoms with van der Waals surface area (Å²) in [5.41, 5.74) is 0.878. The number of nitrogens with zero attached hydrogens (tertiary/aromatic N) is 1. The quantitative estimate of drug-likeness (QED) is 0.779. The first-order chi connectivity index (χ1) is 11.4. The van der Waals surface area contributed by atoms with Crippen LogP contribution >= 0.6 is 0 Å². The monoisotopic (exact) mass is 349 g/mol. The van der Waals surface area contributed by atoms with Gasteiger partial charge in [-0.3, -0.25) is 9.78 Å². The van der Waals surface area contributed by atoms with Crippen LogP contribution in [0.4, 0.5) is 0 Å². The Hall–Kier alpha value is -2.45. The Morgan fingerprint density at radius 3 is 2.38 bits per heavy atom. The average Bonchev–Trinajstić information content (AvgIpc) is 2.60. The summed E-state index contributed by atoms with van der Waals surface area (Å²) in [4.78, 5) is 16.0. The third-order valence-corrected chi connectivity index (χ3v) is 4.87. The van der Waals surface area contributed by atoms with E-state index in [2.05, 4.69) is 15.0 Å². The van der Waals surface area contributed by atoms with Crippen molar-refractivity contribution in [2.45, 2.75) is 24.4 Å². The predicted molar refractivity (Wildman–Crippen MR) is 88.9 cm³/mol. The molecule has 2 rings (SSSR count). The first-order valence-corrected chi connectivity index (χ1v) is 8.73. The fraction of sp³-hybridized carbons (Fsp3) is 0.250. The topological polar surface area (TPSA) is 97.4 Å². The zero-order valence-corrected chi connectivity index (χ0v) is 14.2. The molecular weight excluding hydrogens is 330 g/mol. The lowest BCUT2D eigenvalue weighted by Gasteiger charge is -2.14. The minimum Gasteiger partial charge on any atom is -0.497 e. The van der Waals surface area contributed by atoms with E-state index in [1.807, 2.05) is 0 Å². The van der Waals surface area contributed by atoms with E-state index >= 15 is 0 Å². The van der Waals surface area contributed by atoms with Gasteiger partial charge in [-0.05, 0) is 48.9 Å². The third-order valence-electron chi connectivity index (χ3n) is 3.31. The molecule has 0 saturated heterocycles. The predicted octanol–water partition coefficient (Wildman–Crippen LogP) is 1.07. The van der Waals surface area contributed by atoms with Gasteiger partial charge in [0.1, 0.15) is 5.75 Å². The van der Waals surface area contributed by atoms with E-state index in [-0.39, 0.29) is 4.90 Å². The molecule has 0 fully saturated rings. The highest BCUT2D eigenvalue weighted by Gasteiger charge is 2.21. The number of carbonyl (C=O) groups is 1. The second-order valence-electron chi connectivity index (χ2n) is 5.09. The highest BCUT2D eigenvalue weighted by atomic mass is 32.2. The van der Waals surface area contributed by atoms with Gasteiger partial charge in [0.2, 0.25) is 15.9 Å². The molecule has 1 heterocycles. The van der Waals surface area contributed by atoms with Gasteiger partial charge in [0.15, 0.2) is 0 Å². The van der Waals surface area contributed by atoms with Crippen LogP contribution < -0.4 is 14.8 Å². The summed E-state index contributed by atoms with van der Waals surface area (Å²) in [7, 11) is -2.29. The lowest BCUT2D eigenvalue weighted by Crippen LogP contribution is -2.44. The molecule has 24 heavy (non-hydrogen) atoms. The molecule has 0 spiro atoms. The second kappa shape index (κ2) is 7.89. The average molecular weight is 349 g/mol. The zero-order chi connectivity index (χ0) is 17.6. The van der Waals surface area contributed by atoms with Gasteiger partial charge in [-0.2, -0.15) is 4.72 Å². The van der Waals surface area contributed by atoms with Gasteiger partial charge in [0.05, 0.1) is 18.0 Å². The molecule has 7 nitrogen and oxygen atoms in total. The number of ether oxygens (including phenoxy) is 1. The van der Waals surface area contributed by atoms with Gasteiger partial charge in [-0.15, -0.1) is 0 Å². The number of benzene rings is 1. The molecule has 0 radical (unpaired) electrons. The van der Waals surface area contributed by atoms with Gasteiger partial charge < -0.3 is 10.1 Å². The van der Waals surface area contributed by atoms with E-state index in [1.165, 1.54) is 26.2 Å². The number of nitrogens with one attached hydrogen (secondary N) is 2. The van der Waals surface area contributed by atoms with Crippen molar-refractivity contribution in [2.75, 3.05) is 7.11 Å². The van der Waals surface area contributed by atoms with Gasteiger partial charge in [-0.1, -0.05) is 0 Å². The van der Waals surface area contributed by atoms with E-state index in [0.717, 1.165) is 5.56 Å². The van der Waals surface area contributed by atoms with Crippen LogP contribution in [0, 0.1) is 0 Å². The number of pyridine rings is 1. The van der Waals surface area contributed by atoms with Crippen molar-refractivity contribution in [1.82, 2.24) is 15.0 Å². The minimum atomic E-state index is -3.79. The van der Waals surface area contributed by atoms with Crippen LogP contribution in [0.25, 0.3) is 0 Å². The summed E-state index contributed by atoms with van der Waals surface area (Å²) in [5, 5.41) is 2.68. The van der Waals surface area contributed by atoms with Gasteiger partial charge >= 0.3 is 0 Å². The summed E-state index contributed by atoms with van der Waals surface area (Å²) in [6, 6.07) is 8.56. The molecule has 0 saturated carbocycles. The van der Waals surface area contributed by atoms with Crippen molar-refractivity contribution in [1.29, 1.82) is 0 Å². The van der Waals surface area contributed by atoms with Crippen molar-refractivity contribution in [2.24, 2.45) is 0 Å². The van der Waals surface area contributed by atoms with Crippen molar-refractivity contribution >= 4 is 15.9 Å². The molecule has 1 atom stereocenters. The summed E-state index contributed by atoms with van der Waals surface area (Å²) < 4.78 is 31.9. The number of sulfonamides is 1. The van der Waals surface area contributed by atoms with Crippen molar-refractivity contribution < 1.29 is 17.9 Å². The van der Waals surface area contributed by atoms with Crippen LogP contribution in [0.1, 0.15) is 12.5 Å². The van der Waals surface area contributed by atoms with Crippen molar-refractivity contribution in [3.8, 4) is 5.75 Å². The van der Waals surface area contributed by atoms with Crippen LogP contribution in [0.2, 0.25) is 0 Å². The Morgan fingerprint density at radius 2 is 1.79 bits per heavy atom. The summed E-state index contributed by atoms with van der Waals surface area (Å²) in [5.74, 6) is 0.140. The number of amides is 1. The molecule has 0 bridgehead atoms. The molecule has 1 aromatic heterocycles. The van der Waals surface area contributed by atoms with Crippen LogP contribution in [-0.4, -0.2) is 32.5 Å². The molecule has 0 aliphatic rings. The molecule has 2 aromatic rings. The molecule has 1 aromatic carbocycles. The number of rotatable bonds is 7. The SMILES string of the molecule is COc1ccc(S(=O)(=O)N[C@H](C)C(=O)NCc2ccncc2)cc1. The van der Waals surface area contributed by atoms with E-state index in [1.54, 1.807) is 36.7 Å². The maximum atomic E-state index is 12.3. The van der Waals surface area contributed by atoms with Crippen LogP contribution in [0.3, 0.4) is 0 Å². The summed E-state index contributed by atoms with van der Waals surface area (Å²) >= 11 is 0. The molecule has 1 amide bonds. The number of aromatic nitrogens is 1. The first-order valence-electron chi connectivity index (χ1n) is 7.25. The molecule has 8 heteroatoms. The highest BCUT2D eigenvalue weighted by molar-refractivity contribution is 7.89. The maximum absolute atomic E-state index is 12.3. The van der Waals surface area contributed by atoms with E-state index in [4.69, 9.17) is 4.74 Å². The van der Waals surface area contributed by atoms with Crippen LogP contribution in [0.15, 0.2) is 53.7 Å². The number of hydrogen-bond donors (Lipinski definition) is 2. The lowest BCUT2D eigenvalue weighted by atomic mass is 10.2. The van der Waals surface area contributed by atoms with Gasteiger partial charge in [0, 0.05) is 18.9 Å². The molecular formula is C16H19N3O4S. The van der Waals surface area contributed by atoms with Gasteiger partial charge in [-0.25, -0.2) is 8.42 Å². The Balaban J connectivity index is 1.96. The normalized spacial score (nSPS) is 12.4. The van der Waals surface area contributed by atoms with Gasteiger partial charge in [0.25, 0.3) is 0 Å². The smallest absolute Gasteiger partial charge is 0.241 e. The third kappa shape index (κ3) is 4.77. The van der Waals surface area contributed by atoms with Crippen LogP contribution in [0.5, 0.6) is 5.75 Å². The highest BCUT2D eigenvalue weighted by Crippen LogP contribution is 2.15. The Kier molecular flexibility index (Phi) is 5.88. The maximum Gasteiger partial charge on any atom is 0.241 e. The Morgan fingerprint density at radius 1 is 1.17 bits per heavy atom. The zero-order valence-electron chi connectivity index (χ0n) is 13.4. The number of carbonyl (C=O) groups excluding carboxylic acids is 1. The van der Waals surface area contributed by atoms with Crippen molar-refractivity contribution in [3.05, 3.63) is 54.4 Å². The standard InChI is InChI=1S/C16H19N3O4S/c1-12(16(20)18-11-13-7-9-17-10-8-13)19-24(21,22)15-5-3-14(23-2)4-6-15/h3-10,12,19H,11H2,1-2H3,(H,18,20)/t12-/m1/s1. The first kappa shape index (κ1) is 17.9. The largest absolute Gasteiger partial charge is 0.497 e. The van der Waals surface area contributed by atoms with E-state index in [0.29, 0.717) is 12.3 Å². The molecule has 0 aliphatic carbocycles. The summed E-state index contributed by atoms with van der Waals surface area (Å²) in [6.07, 6.45) is 3.24. The molecule has 0 aliphatic heterocycles. The lowest BCUT2D eigenvalue weighted by molar-refractivity contribution is -0.122. The number of methoxy groups -OCH3 is 1. The molecule has 128 valence electrons. The van der Waals surface area contributed by atoms with E-state index < -0.39 is 22.0 Å².